The Balaban J connectivity index is 1.89. The van der Waals surface area contributed by atoms with Crippen molar-refractivity contribution < 1.29 is 4.74 Å². The van der Waals surface area contributed by atoms with E-state index < -0.39 is 0 Å². The molecule has 1 fully saturated rings. The molecule has 4 heteroatoms. The van der Waals surface area contributed by atoms with E-state index >= 15 is 0 Å². The zero-order valence-corrected chi connectivity index (χ0v) is 8.64. The van der Waals surface area contributed by atoms with Crippen LogP contribution in [0.15, 0.2) is 0 Å². The molecular weight excluding hydrogens is 184 g/mol. The Morgan fingerprint density at radius 2 is 2.08 bits per heavy atom. The largest absolute Gasteiger partial charge is 0.466 e. The minimum Gasteiger partial charge on any atom is -0.466 e. The molecule has 0 radical (unpaired) electrons. The van der Waals surface area contributed by atoms with Gasteiger partial charge in [-0.15, -0.1) is 0 Å². The Morgan fingerprint density at radius 1 is 1.31 bits per heavy atom. The van der Waals surface area contributed by atoms with Crippen LogP contribution in [0.5, 0.6) is 5.19 Å². The lowest BCUT2D eigenvalue weighted by molar-refractivity contribution is 0.154. The van der Waals surface area contributed by atoms with Crippen LogP contribution in [0, 0.1) is 6.92 Å². The summed E-state index contributed by atoms with van der Waals surface area (Å²) in [6.07, 6.45) is 6.69. The molecule has 0 spiro atoms. The summed E-state index contributed by atoms with van der Waals surface area (Å²) in [5, 5.41) is 0.740. The lowest BCUT2D eigenvalue weighted by atomic mass is 9.98. The first-order valence-electron chi connectivity index (χ1n) is 4.81. The third kappa shape index (κ3) is 2.40. The monoisotopic (exact) mass is 198 g/mol. The molecule has 0 N–H and O–H groups in total. The van der Waals surface area contributed by atoms with Crippen LogP contribution < -0.4 is 4.74 Å². The second-order valence-electron chi connectivity index (χ2n) is 3.49. The van der Waals surface area contributed by atoms with Crippen LogP contribution in [-0.2, 0) is 0 Å². The third-order valence-electron chi connectivity index (χ3n) is 2.33. The molecule has 0 unspecified atom stereocenters. The summed E-state index contributed by atoms with van der Waals surface area (Å²) in [5.41, 5.74) is 0. The Bertz CT molecular complexity index is 268. The van der Waals surface area contributed by atoms with E-state index in [1.54, 1.807) is 0 Å². The van der Waals surface area contributed by atoms with Crippen LogP contribution in [0.2, 0.25) is 0 Å². The molecule has 0 aliphatic heterocycles. The predicted octanol–water partition coefficient (Wildman–Crippen LogP) is 2.56. The molecular formula is C9H14N2OS. The first-order valence-corrected chi connectivity index (χ1v) is 5.59. The fraction of sp³-hybridized carbons (Fsp3) is 0.778. The Hall–Kier alpha value is -0.640. The van der Waals surface area contributed by atoms with E-state index in [9.17, 15) is 0 Å². The number of rotatable bonds is 2. The van der Waals surface area contributed by atoms with Crippen LogP contribution in [-0.4, -0.2) is 15.5 Å². The molecule has 1 heterocycles. The van der Waals surface area contributed by atoms with Crippen LogP contribution in [0.3, 0.4) is 0 Å². The molecule has 2 rings (SSSR count). The van der Waals surface area contributed by atoms with Gasteiger partial charge in [0.1, 0.15) is 11.9 Å². The van der Waals surface area contributed by atoms with Crippen molar-refractivity contribution in [3.8, 4) is 5.19 Å². The average molecular weight is 198 g/mol. The van der Waals surface area contributed by atoms with Crippen molar-refractivity contribution in [1.82, 2.24) is 9.36 Å². The minimum atomic E-state index is 0.390. The van der Waals surface area contributed by atoms with Crippen LogP contribution in [0.4, 0.5) is 0 Å². The normalized spacial score (nSPS) is 18.8. The quantitative estimate of drug-likeness (QED) is 0.732. The van der Waals surface area contributed by atoms with E-state index in [2.05, 4.69) is 9.36 Å². The summed E-state index contributed by atoms with van der Waals surface area (Å²) < 4.78 is 9.81. The molecule has 1 aliphatic carbocycles. The molecule has 1 aliphatic rings. The molecule has 13 heavy (non-hydrogen) atoms. The highest BCUT2D eigenvalue weighted by atomic mass is 32.1. The van der Waals surface area contributed by atoms with E-state index in [4.69, 9.17) is 4.74 Å². The van der Waals surface area contributed by atoms with E-state index in [1.165, 1.54) is 43.6 Å². The SMILES string of the molecule is Cc1nsc(OC2CCCCC2)n1. The van der Waals surface area contributed by atoms with Gasteiger partial charge in [0, 0.05) is 11.5 Å². The first kappa shape index (κ1) is 8.94. The van der Waals surface area contributed by atoms with Crippen molar-refractivity contribution in [3.05, 3.63) is 5.82 Å². The van der Waals surface area contributed by atoms with Crippen molar-refractivity contribution in [2.45, 2.75) is 45.1 Å². The van der Waals surface area contributed by atoms with Gasteiger partial charge in [-0.1, -0.05) is 6.42 Å². The summed E-state index contributed by atoms with van der Waals surface area (Å²) in [6.45, 7) is 1.89. The summed E-state index contributed by atoms with van der Waals surface area (Å²) in [7, 11) is 0. The third-order valence-corrected chi connectivity index (χ3v) is 3.03. The Kier molecular flexibility index (Phi) is 2.78. The highest BCUT2D eigenvalue weighted by Crippen LogP contribution is 2.24. The van der Waals surface area contributed by atoms with Gasteiger partial charge in [-0.05, 0) is 32.6 Å². The molecule has 1 saturated carbocycles. The fourth-order valence-corrected chi connectivity index (χ4v) is 2.25. The topological polar surface area (TPSA) is 35.0 Å². The minimum absolute atomic E-state index is 0.390. The van der Waals surface area contributed by atoms with Gasteiger partial charge in [0.15, 0.2) is 0 Å². The fourth-order valence-electron chi connectivity index (χ4n) is 1.65. The number of hydrogen-bond acceptors (Lipinski definition) is 4. The predicted molar refractivity (Wildman–Crippen MR) is 52.1 cm³/mol. The van der Waals surface area contributed by atoms with Gasteiger partial charge in [0.05, 0.1) is 0 Å². The maximum atomic E-state index is 5.72. The molecule has 0 aromatic carbocycles. The summed E-state index contributed by atoms with van der Waals surface area (Å²) in [4.78, 5) is 4.19. The standard InChI is InChI=1S/C9H14N2OS/c1-7-10-9(13-11-7)12-8-5-3-2-4-6-8/h8H,2-6H2,1H3. The second-order valence-corrected chi connectivity index (χ2v) is 4.20. The molecule has 1 aromatic heterocycles. The zero-order chi connectivity index (χ0) is 9.10. The lowest BCUT2D eigenvalue weighted by Crippen LogP contribution is -2.19. The van der Waals surface area contributed by atoms with E-state index in [-0.39, 0.29) is 0 Å². The molecule has 72 valence electrons. The second kappa shape index (κ2) is 4.05. The highest BCUT2D eigenvalue weighted by molar-refractivity contribution is 7.07. The maximum absolute atomic E-state index is 5.72. The Labute approximate surface area is 82.3 Å². The van der Waals surface area contributed by atoms with Gasteiger partial charge >= 0.3 is 0 Å². The van der Waals surface area contributed by atoms with Gasteiger partial charge in [-0.3, -0.25) is 0 Å². The van der Waals surface area contributed by atoms with E-state index in [1.807, 2.05) is 6.92 Å². The number of ether oxygens (including phenoxy) is 1. The average Bonchev–Trinajstić information content (AvgIpc) is 2.53. The van der Waals surface area contributed by atoms with Crippen molar-refractivity contribution in [1.29, 1.82) is 0 Å². The molecule has 0 bridgehead atoms. The van der Waals surface area contributed by atoms with Crippen molar-refractivity contribution in [2.75, 3.05) is 0 Å². The zero-order valence-electron chi connectivity index (χ0n) is 7.82. The summed E-state index contributed by atoms with van der Waals surface area (Å²) >= 11 is 1.36. The number of aryl methyl sites for hydroxylation is 1. The van der Waals surface area contributed by atoms with E-state index in [0.717, 1.165) is 11.0 Å². The first-order chi connectivity index (χ1) is 6.34. The molecule has 0 saturated heterocycles. The van der Waals surface area contributed by atoms with Crippen molar-refractivity contribution >= 4 is 11.5 Å². The maximum Gasteiger partial charge on any atom is 0.293 e. The van der Waals surface area contributed by atoms with Gasteiger partial charge < -0.3 is 4.74 Å². The van der Waals surface area contributed by atoms with Crippen molar-refractivity contribution in [3.63, 3.8) is 0 Å². The summed E-state index contributed by atoms with van der Waals surface area (Å²) in [5.74, 6) is 0.816. The van der Waals surface area contributed by atoms with Gasteiger partial charge in [0.2, 0.25) is 0 Å². The smallest absolute Gasteiger partial charge is 0.293 e. The Morgan fingerprint density at radius 3 is 2.69 bits per heavy atom. The number of aromatic nitrogens is 2. The van der Waals surface area contributed by atoms with Gasteiger partial charge in [-0.2, -0.15) is 9.36 Å². The van der Waals surface area contributed by atoms with Crippen LogP contribution in [0.1, 0.15) is 37.9 Å². The van der Waals surface area contributed by atoms with Crippen LogP contribution in [0.25, 0.3) is 0 Å². The number of nitrogens with zero attached hydrogens (tertiary/aromatic N) is 2. The van der Waals surface area contributed by atoms with Crippen LogP contribution >= 0.6 is 11.5 Å². The molecule has 0 atom stereocenters. The number of hydrogen-bond donors (Lipinski definition) is 0. The summed E-state index contributed by atoms with van der Waals surface area (Å²) in [6, 6.07) is 0. The molecule has 0 amide bonds. The highest BCUT2D eigenvalue weighted by Gasteiger charge is 2.16. The van der Waals surface area contributed by atoms with Gasteiger partial charge in [0.25, 0.3) is 5.19 Å². The van der Waals surface area contributed by atoms with Crippen molar-refractivity contribution in [2.24, 2.45) is 0 Å². The molecule has 3 nitrogen and oxygen atoms in total. The van der Waals surface area contributed by atoms with E-state index in [0.29, 0.717) is 6.10 Å². The molecule has 1 aromatic rings. The lowest BCUT2D eigenvalue weighted by Gasteiger charge is -2.20. The van der Waals surface area contributed by atoms with Gasteiger partial charge in [-0.25, -0.2) is 0 Å².